The molecule has 0 aliphatic heterocycles. The number of carbonyl (C=O) groups excluding carboxylic acids is 1. The van der Waals surface area contributed by atoms with Gasteiger partial charge in [0.25, 0.3) is 5.91 Å². The standard InChI is InChI=1S/C10H14ClN3OS/c1-6-9(16-14-13-6)10(15)12-8-4-2-7(11)3-5-8/h7-8H,2-5H2,1H3,(H,12,15). The Balaban J connectivity index is 1.91. The molecule has 1 aliphatic carbocycles. The van der Waals surface area contributed by atoms with Gasteiger partial charge in [-0.2, -0.15) is 0 Å². The third-order valence-electron chi connectivity index (χ3n) is 2.85. The molecule has 0 aromatic carbocycles. The summed E-state index contributed by atoms with van der Waals surface area (Å²) in [4.78, 5) is 12.5. The van der Waals surface area contributed by atoms with Crippen molar-refractivity contribution < 1.29 is 4.79 Å². The van der Waals surface area contributed by atoms with Crippen LogP contribution in [0.4, 0.5) is 0 Å². The van der Waals surface area contributed by atoms with Crippen molar-refractivity contribution in [2.75, 3.05) is 0 Å². The van der Waals surface area contributed by atoms with E-state index in [1.807, 2.05) is 0 Å². The van der Waals surface area contributed by atoms with Gasteiger partial charge < -0.3 is 5.32 Å². The largest absolute Gasteiger partial charge is 0.349 e. The smallest absolute Gasteiger partial charge is 0.265 e. The van der Waals surface area contributed by atoms with Crippen LogP contribution in [0.5, 0.6) is 0 Å². The third-order valence-corrected chi connectivity index (χ3v) is 4.11. The van der Waals surface area contributed by atoms with Crippen molar-refractivity contribution in [1.29, 1.82) is 0 Å². The number of carbonyl (C=O) groups is 1. The molecular formula is C10H14ClN3OS. The van der Waals surface area contributed by atoms with E-state index in [0.29, 0.717) is 10.6 Å². The molecule has 6 heteroatoms. The maximum atomic E-state index is 11.9. The SMILES string of the molecule is Cc1nnsc1C(=O)NC1CCC(Cl)CC1. The molecule has 0 spiro atoms. The van der Waals surface area contributed by atoms with Crippen LogP contribution in [0.2, 0.25) is 0 Å². The molecule has 2 rings (SSSR count). The van der Waals surface area contributed by atoms with Crippen LogP contribution in [0.3, 0.4) is 0 Å². The van der Waals surface area contributed by atoms with Gasteiger partial charge in [0.2, 0.25) is 0 Å². The number of aromatic nitrogens is 2. The van der Waals surface area contributed by atoms with Crippen LogP contribution in [0, 0.1) is 6.92 Å². The average molecular weight is 260 g/mol. The molecule has 1 aromatic rings. The molecule has 0 unspecified atom stereocenters. The average Bonchev–Trinajstić information content (AvgIpc) is 2.68. The molecule has 0 radical (unpaired) electrons. The van der Waals surface area contributed by atoms with Gasteiger partial charge in [0.05, 0.1) is 5.69 Å². The van der Waals surface area contributed by atoms with Gasteiger partial charge in [0, 0.05) is 11.4 Å². The molecule has 0 atom stereocenters. The molecule has 1 amide bonds. The second kappa shape index (κ2) is 5.10. The number of hydrogen-bond donors (Lipinski definition) is 1. The minimum Gasteiger partial charge on any atom is -0.349 e. The first-order valence-electron chi connectivity index (χ1n) is 5.40. The lowest BCUT2D eigenvalue weighted by atomic mass is 9.95. The lowest BCUT2D eigenvalue weighted by Crippen LogP contribution is -2.37. The second-order valence-electron chi connectivity index (χ2n) is 4.11. The zero-order valence-electron chi connectivity index (χ0n) is 9.07. The van der Waals surface area contributed by atoms with Crippen LogP contribution in [0.1, 0.15) is 41.0 Å². The van der Waals surface area contributed by atoms with Crippen LogP contribution in [0.25, 0.3) is 0 Å². The molecule has 0 saturated heterocycles. The number of hydrogen-bond acceptors (Lipinski definition) is 4. The first kappa shape index (κ1) is 11.8. The molecule has 1 aliphatic rings. The van der Waals surface area contributed by atoms with E-state index in [1.165, 1.54) is 0 Å². The minimum absolute atomic E-state index is 0.0504. The highest BCUT2D eigenvalue weighted by molar-refractivity contribution is 7.08. The quantitative estimate of drug-likeness (QED) is 0.828. The molecule has 0 bridgehead atoms. The van der Waals surface area contributed by atoms with Crippen molar-refractivity contribution in [3.63, 3.8) is 0 Å². The van der Waals surface area contributed by atoms with Crippen molar-refractivity contribution in [3.8, 4) is 0 Å². The van der Waals surface area contributed by atoms with E-state index in [4.69, 9.17) is 11.6 Å². The number of nitrogens with zero attached hydrogens (tertiary/aromatic N) is 2. The monoisotopic (exact) mass is 259 g/mol. The topological polar surface area (TPSA) is 54.9 Å². The molecule has 88 valence electrons. The number of alkyl halides is 1. The Morgan fingerprint density at radius 3 is 2.69 bits per heavy atom. The molecule has 1 N–H and O–H groups in total. The molecular weight excluding hydrogens is 246 g/mol. The number of nitrogens with one attached hydrogen (secondary N) is 1. The maximum absolute atomic E-state index is 11.9. The Bertz CT molecular complexity index is 374. The zero-order chi connectivity index (χ0) is 11.5. The van der Waals surface area contributed by atoms with Gasteiger partial charge in [0.1, 0.15) is 4.88 Å². The first-order chi connectivity index (χ1) is 7.66. The fraction of sp³-hybridized carbons (Fsp3) is 0.700. The fourth-order valence-electron chi connectivity index (χ4n) is 1.89. The highest BCUT2D eigenvalue weighted by Gasteiger charge is 2.22. The van der Waals surface area contributed by atoms with E-state index in [2.05, 4.69) is 14.9 Å². The summed E-state index contributed by atoms with van der Waals surface area (Å²) in [7, 11) is 0. The molecule has 16 heavy (non-hydrogen) atoms. The Hall–Kier alpha value is -0.680. The molecule has 1 fully saturated rings. The number of aryl methyl sites for hydroxylation is 1. The van der Waals surface area contributed by atoms with Gasteiger partial charge >= 0.3 is 0 Å². The Morgan fingerprint density at radius 2 is 2.12 bits per heavy atom. The molecule has 4 nitrogen and oxygen atoms in total. The first-order valence-corrected chi connectivity index (χ1v) is 6.61. The lowest BCUT2D eigenvalue weighted by Gasteiger charge is -2.25. The Kier molecular flexibility index (Phi) is 3.76. The van der Waals surface area contributed by atoms with E-state index in [9.17, 15) is 4.79 Å². The van der Waals surface area contributed by atoms with E-state index < -0.39 is 0 Å². The van der Waals surface area contributed by atoms with Crippen molar-refractivity contribution in [3.05, 3.63) is 10.6 Å². The minimum atomic E-state index is -0.0504. The van der Waals surface area contributed by atoms with Gasteiger partial charge in [-0.1, -0.05) is 4.49 Å². The lowest BCUT2D eigenvalue weighted by molar-refractivity contribution is 0.0931. The maximum Gasteiger partial charge on any atom is 0.265 e. The predicted octanol–water partition coefficient (Wildman–Crippen LogP) is 2.13. The van der Waals surface area contributed by atoms with E-state index >= 15 is 0 Å². The zero-order valence-corrected chi connectivity index (χ0v) is 10.6. The summed E-state index contributed by atoms with van der Waals surface area (Å²) < 4.78 is 3.76. The predicted molar refractivity (Wildman–Crippen MR) is 64.0 cm³/mol. The van der Waals surface area contributed by atoms with E-state index in [0.717, 1.165) is 37.2 Å². The highest BCUT2D eigenvalue weighted by atomic mass is 35.5. The van der Waals surface area contributed by atoms with Gasteiger partial charge in [-0.3, -0.25) is 4.79 Å². The van der Waals surface area contributed by atoms with Crippen molar-refractivity contribution in [2.45, 2.75) is 44.0 Å². The Morgan fingerprint density at radius 1 is 1.44 bits per heavy atom. The van der Waals surface area contributed by atoms with Crippen molar-refractivity contribution in [2.24, 2.45) is 0 Å². The third kappa shape index (κ3) is 2.71. The van der Waals surface area contributed by atoms with Crippen LogP contribution < -0.4 is 5.32 Å². The molecule has 1 heterocycles. The molecule has 1 saturated carbocycles. The number of amides is 1. The van der Waals surface area contributed by atoms with Gasteiger partial charge in [-0.25, -0.2) is 0 Å². The van der Waals surface area contributed by atoms with Crippen LogP contribution in [-0.4, -0.2) is 26.9 Å². The van der Waals surface area contributed by atoms with Gasteiger partial charge in [-0.15, -0.1) is 16.7 Å². The normalized spacial score (nSPS) is 25.4. The second-order valence-corrected chi connectivity index (χ2v) is 5.48. The number of rotatable bonds is 2. The van der Waals surface area contributed by atoms with Crippen LogP contribution in [-0.2, 0) is 0 Å². The highest BCUT2D eigenvalue weighted by Crippen LogP contribution is 2.23. The summed E-state index contributed by atoms with van der Waals surface area (Å²) in [5.74, 6) is -0.0504. The molecule has 1 aromatic heterocycles. The van der Waals surface area contributed by atoms with Gasteiger partial charge in [0.15, 0.2) is 0 Å². The van der Waals surface area contributed by atoms with Crippen molar-refractivity contribution >= 4 is 29.0 Å². The Labute approximate surface area is 104 Å². The summed E-state index contributed by atoms with van der Waals surface area (Å²) in [5, 5.41) is 7.12. The number of halogens is 1. The summed E-state index contributed by atoms with van der Waals surface area (Å²) in [6.07, 6.45) is 3.88. The van der Waals surface area contributed by atoms with Crippen LogP contribution in [0.15, 0.2) is 0 Å². The van der Waals surface area contributed by atoms with Gasteiger partial charge in [-0.05, 0) is 44.1 Å². The van der Waals surface area contributed by atoms with E-state index in [1.54, 1.807) is 6.92 Å². The van der Waals surface area contributed by atoms with E-state index in [-0.39, 0.29) is 17.3 Å². The summed E-state index contributed by atoms with van der Waals surface area (Å²) >= 11 is 7.16. The summed E-state index contributed by atoms with van der Waals surface area (Å²) in [6, 6.07) is 0.254. The van der Waals surface area contributed by atoms with Crippen molar-refractivity contribution in [1.82, 2.24) is 14.9 Å². The van der Waals surface area contributed by atoms with Crippen LogP contribution >= 0.6 is 23.1 Å². The fourth-order valence-corrected chi connectivity index (χ4v) is 2.70. The summed E-state index contributed by atoms with van der Waals surface area (Å²) in [5.41, 5.74) is 0.702. The summed E-state index contributed by atoms with van der Waals surface area (Å²) in [6.45, 7) is 1.80.